The van der Waals surface area contributed by atoms with Gasteiger partial charge in [-0.1, -0.05) is 6.07 Å². The SMILES string of the molecule is CS(=O)(=O)N[C@H]1C[C@H](CO)CCc2cccnc21. The number of nitrogens with one attached hydrogen (secondary N) is 1. The van der Waals surface area contributed by atoms with Crippen molar-refractivity contribution in [3.8, 4) is 0 Å². The molecule has 5 nitrogen and oxygen atoms in total. The quantitative estimate of drug-likeness (QED) is 0.789. The Morgan fingerprint density at radius 2 is 2.33 bits per heavy atom. The van der Waals surface area contributed by atoms with E-state index in [0.717, 1.165) is 30.4 Å². The standard InChI is InChI=1S/C12H18N2O3S/c1-18(16,17)14-11-7-9(8-15)4-5-10-3-2-6-13-12(10)11/h2-3,6,9,11,14-15H,4-5,7-8H2,1H3/t9-,11+/m1/s1. The van der Waals surface area contributed by atoms with Crippen molar-refractivity contribution in [3.63, 3.8) is 0 Å². The molecule has 1 aromatic heterocycles. The maximum absolute atomic E-state index is 11.4. The van der Waals surface area contributed by atoms with Crippen LogP contribution in [0.25, 0.3) is 0 Å². The van der Waals surface area contributed by atoms with Crippen LogP contribution in [0.1, 0.15) is 30.1 Å². The van der Waals surface area contributed by atoms with E-state index in [-0.39, 0.29) is 18.6 Å². The molecule has 1 heterocycles. The number of hydrogen-bond donors (Lipinski definition) is 2. The minimum absolute atomic E-state index is 0.0793. The van der Waals surface area contributed by atoms with Gasteiger partial charge in [-0.15, -0.1) is 0 Å². The predicted octanol–water partition coefficient (Wildman–Crippen LogP) is 0.617. The molecule has 1 aliphatic carbocycles. The van der Waals surface area contributed by atoms with Crippen molar-refractivity contribution in [2.45, 2.75) is 25.3 Å². The highest BCUT2D eigenvalue weighted by molar-refractivity contribution is 7.88. The van der Waals surface area contributed by atoms with Gasteiger partial charge < -0.3 is 5.11 Å². The number of aliphatic hydroxyl groups is 1. The Balaban J connectivity index is 2.34. The largest absolute Gasteiger partial charge is 0.396 e. The van der Waals surface area contributed by atoms with Crippen LogP contribution >= 0.6 is 0 Å². The summed E-state index contributed by atoms with van der Waals surface area (Å²) in [5.74, 6) is 0.110. The van der Waals surface area contributed by atoms with Crippen molar-refractivity contribution in [2.75, 3.05) is 12.9 Å². The Kier molecular flexibility index (Phi) is 3.99. The van der Waals surface area contributed by atoms with Crippen molar-refractivity contribution >= 4 is 10.0 Å². The van der Waals surface area contributed by atoms with Crippen LogP contribution in [0.5, 0.6) is 0 Å². The van der Waals surface area contributed by atoms with E-state index in [2.05, 4.69) is 9.71 Å². The lowest BCUT2D eigenvalue weighted by Gasteiger charge is -2.19. The van der Waals surface area contributed by atoms with E-state index in [0.29, 0.717) is 6.42 Å². The fourth-order valence-corrected chi connectivity index (χ4v) is 3.15. The van der Waals surface area contributed by atoms with E-state index in [9.17, 15) is 13.5 Å². The van der Waals surface area contributed by atoms with Gasteiger partial charge in [0.05, 0.1) is 18.0 Å². The van der Waals surface area contributed by atoms with E-state index in [1.807, 2.05) is 12.1 Å². The molecule has 2 atom stereocenters. The summed E-state index contributed by atoms with van der Waals surface area (Å²) in [7, 11) is -3.29. The van der Waals surface area contributed by atoms with Crippen LogP contribution in [0.4, 0.5) is 0 Å². The maximum Gasteiger partial charge on any atom is 0.209 e. The lowest BCUT2D eigenvalue weighted by atomic mass is 9.99. The summed E-state index contributed by atoms with van der Waals surface area (Å²) in [6.07, 6.45) is 5.10. The number of sulfonamides is 1. The number of fused-ring (bicyclic) bond motifs is 1. The van der Waals surface area contributed by atoms with E-state index in [1.54, 1.807) is 6.20 Å². The Bertz CT molecular complexity index is 516. The van der Waals surface area contributed by atoms with E-state index in [1.165, 1.54) is 0 Å². The molecule has 0 bridgehead atoms. The molecule has 0 aromatic carbocycles. The van der Waals surface area contributed by atoms with Crippen LogP contribution in [-0.4, -0.2) is 31.4 Å². The first-order valence-electron chi connectivity index (χ1n) is 6.01. The minimum Gasteiger partial charge on any atom is -0.396 e. The average molecular weight is 270 g/mol. The molecule has 0 fully saturated rings. The zero-order valence-corrected chi connectivity index (χ0v) is 11.2. The van der Waals surface area contributed by atoms with Gasteiger partial charge in [-0.2, -0.15) is 0 Å². The third-order valence-corrected chi connectivity index (χ3v) is 3.97. The molecule has 1 aromatic rings. The molecular weight excluding hydrogens is 252 g/mol. The fourth-order valence-electron chi connectivity index (χ4n) is 2.43. The lowest BCUT2D eigenvalue weighted by molar-refractivity contribution is 0.204. The van der Waals surface area contributed by atoms with Gasteiger partial charge in [0.15, 0.2) is 0 Å². The number of aromatic nitrogens is 1. The molecule has 6 heteroatoms. The van der Waals surface area contributed by atoms with Gasteiger partial charge in [-0.3, -0.25) is 4.98 Å². The molecule has 0 aliphatic heterocycles. The molecule has 0 saturated heterocycles. The highest BCUT2D eigenvalue weighted by Gasteiger charge is 2.27. The predicted molar refractivity (Wildman–Crippen MR) is 68.5 cm³/mol. The summed E-state index contributed by atoms with van der Waals surface area (Å²) >= 11 is 0. The smallest absolute Gasteiger partial charge is 0.209 e. The zero-order valence-electron chi connectivity index (χ0n) is 10.3. The monoisotopic (exact) mass is 270 g/mol. The van der Waals surface area contributed by atoms with Crippen molar-refractivity contribution in [3.05, 3.63) is 29.6 Å². The Labute approximate surface area is 107 Å². The number of nitrogens with zero attached hydrogens (tertiary/aromatic N) is 1. The normalized spacial score (nSPS) is 24.3. The third kappa shape index (κ3) is 3.28. The summed E-state index contributed by atoms with van der Waals surface area (Å²) in [5.41, 5.74) is 1.86. The maximum atomic E-state index is 11.4. The van der Waals surface area contributed by atoms with Gasteiger partial charge in [0.25, 0.3) is 0 Å². The highest BCUT2D eigenvalue weighted by Crippen LogP contribution is 2.30. The second kappa shape index (κ2) is 5.34. The first kappa shape index (κ1) is 13.5. The molecule has 2 N–H and O–H groups in total. The van der Waals surface area contributed by atoms with Crippen molar-refractivity contribution < 1.29 is 13.5 Å². The molecule has 18 heavy (non-hydrogen) atoms. The van der Waals surface area contributed by atoms with Gasteiger partial charge in [0.2, 0.25) is 10.0 Å². The van der Waals surface area contributed by atoms with Crippen LogP contribution < -0.4 is 4.72 Å². The Morgan fingerprint density at radius 3 is 3.00 bits per heavy atom. The second-order valence-electron chi connectivity index (χ2n) is 4.81. The van der Waals surface area contributed by atoms with Gasteiger partial charge in [-0.05, 0) is 36.8 Å². The molecule has 0 radical (unpaired) electrons. The molecule has 0 spiro atoms. The number of aliphatic hydroxyl groups excluding tert-OH is 1. The second-order valence-corrected chi connectivity index (χ2v) is 6.59. The Hall–Kier alpha value is -0.980. The van der Waals surface area contributed by atoms with E-state index < -0.39 is 10.0 Å². The van der Waals surface area contributed by atoms with Gasteiger partial charge in [0.1, 0.15) is 0 Å². The van der Waals surface area contributed by atoms with Gasteiger partial charge in [0, 0.05) is 12.8 Å². The van der Waals surface area contributed by atoms with Crippen LogP contribution in [0.15, 0.2) is 18.3 Å². The molecule has 0 unspecified atom stereocenters. The molecule has 0 amide bonds. The number of aryl methyl sites for hydroxylation is 1. The van der Waals surface area contributed by atoms with Crippen molar-refractivity contribution in [1.29, 1.82) is 0 Å². The molecule has 0 saturated carbocycles. The van der Waals surface area contributed by atoms with E-state index >= 15 is 0 Å². The Morgan fingerprint density at radius 1 is 1.56 bits per heavy atom. The van der Waals surface area contributed by atoms with Crippen molar-refractivity contribution in [1.82, 2.24) is 9.71 Å². The number of pyridine rings is 1. The molecule has 100 valence electrons. The highest BCUT2D eigenvalue weighted by atomic mass is 32.2. The zero-order chi connectivity index (χ0) is 13.2. The summed E-state index contributed by atoms with van der Waals surface area (Å²) in [6, 6.07) is 3.49. The number of rotatable bonds is 3. The topological polar surface area (TPSA) is 79.3 Å². The molecular formula is C12H18N2O3S. The van der Waals surface area contributed by atoms with E-state index in [4.69, 9.17) is 0 Å². The summed E-state index contributed by atoms with van der Waals surface area (Å²) in [6.45, 7) is 0.0793. The summed E-state index contributed by atoms with van der Waals surface area (Å²) < 4.78 is 25.4. The van der Waals surface area contributed by atoms with Gasteiger partial charge in [-0.25, -0.2) is 13.1 Å². The first-order valence-corrected chi connectivity index (χ1v) is 7.90. The summed E-state index contributed by atoms with van der Waals surface area (Å²) in [5, 5.41) is 9.31. The van der Waals surface area contributed by atoms with Crippen LogP contribution in [0.2, 0.25) is 0 Å². The van der Waals surface area contributed by atoms with Crippen LogP contribution in [0, 0.1) is 5.92 Å². The average Bonchev–Trinajstić information content (AvgIpc) is 2.48. The van der Waals surface area contributed by atoms with Crippen LogP contribution in [-0.2, 0) is 16.4 Å². The molecule has 2 rings (SSSR count). The first-order chi connectivity index (χ1) is 8.49. The van der Waals surface area contributed by atoms with Gasteiger partial charge >= 0.3 is 0 Å². The molecule has 1 aliphatic rings. The van der Waals surface area contributed by atoms with Crippen molar-refractivity contribution in [2.24, 2.45) is 5.92 Å². The minimum atomic E-state index is -3.29. The fraction of sp³-hybridized carbons (Fsp3) is 0.583. The number of hydrogen-bond acceptors (Lipinski definition) is 4. The lowest BCUT2D eigenvalue weighted by Crippen LogP contribution is -2.29. The summed E-state index contributed by atoms with van der Waals surface area (Å²) in [4.78, 5) is 4.31. The third-order valence-electron chi connectivity index (χ3n) is 3.26. The van der Waals surface area contributed by atoms with Crippen LogP contribution in [0.3, 0.4) is 0 Å².